The predicted molar refractivity (Wildman–Crippen MR) is 107 cm³/mol. The van der Waals surface area contributed by atoms with Crippen LogP contribution in [0.15, 0.2) is 41.8 Å². The van der Waals surface area contributed by atoms with E-state index in [1.807, 2.05) is 18.4 Å². The van der Waals surface area contributed by atoms with Crippen molar-refractivity contribution in [3.05, 3.63) is 57.8 Å². The maximum atomic E-state index is 12.5. The number of likely N-dealkylation sites (tertiary alicyclic amines) is 1. The largest absolute Gasteiger partial charge is 0.370 e. The quantitative estimate of drug-likeness (QED) is 0.861. The summed E-state index contributed by atoms with van der Waals surface area (Å²) in [6.45, 7) is 5.81. The number of hydrogen-bond acceptors (Lipinski definition) is 4. The number of hydrogen-bond donors (Lipinski definition) is 1. The molecule has 1 spiro atoms. The molecule has 1 amide bonds. The van der Waals surface area contributed by atoms with Crippen LogP contribution in [0.3, 0.4) is 0 Å². The van der Waals surface area contributed by atoms with Crippen LogP contribution in [0.25, 0.3) is 0 Å². The second kappa shape index (κ2) is 6.73. The summed E-state index contributed by atoms with van der Waals surface area (Å²) >= 11 is 1.52. The lowest BCUT2D eigenvalue weighted by atomic mass is 9.73. The minimum atomic E-state index is 0.0215. The third-order valence-corrected chi connectivity index (χ3v) is 7.69. The molecule has 3 saturated heterocycles. The van der Waals surface area contributed by atoms with E-state index in [1.54, 1.807) is 0 Å². The first kappa shape index (κ1) is 17.4. The van der Waals surface area contributed by atoms with E-state index in [0.717, 1.165) is 43.0 Å². The summed E-state index contributed by atoms with van der Waals surface area (Å²) in [5.74, 6) is 1.03. The monoisotopic (exact) mass is 382 g/mol. The number of amides is 1. The Labute approximate surface area is 164 Å². The van der Waals surface area contributed by atoms with Gasteiger partial charge in [0.25, 0.3) is 5.91 Å². The van der Waals surface area contributed by atoms with Gasteiger partial charge in [0, 0.05) is 38.0 Å². The highest BCUT2D eigenvalue weighted by Crippen LogP contribution is 2.54. The van der Waals surface area contributed by atoms with Crippen molar-refractivity contribution < 1.29 is 9.53 Å². The molecular formula is C22H26N2O2S. The number of nitrogens with zero attached hydrogens (tertiary/aromatic N) is 1. The topological polar surface area (TPSA) is 41.6 Å². The highest BCUT2D eigenvalue weighted by atomic mass is 32.1. The molecule has 0 unspecified atom stereocenters. The lowest BCUT2D eigenvalue weighted by Gasteiger charge is -2.29. The van der Waals surface area contributed by atoms with E-state index in [4.69, 9.17) is 4.74 Å². The van der Waals surface area contributed by atoms with Gasteiger partial charge in [-0.1, -0.05) is 30.3 Å². The average molecular weight is 383 g/mol. The van der Waals surface area contributed by atoms with Gasteiger partial charge in [0.05, 0.1) is 16.6 Å². The molecular weight excluding hydrogens is 356 g/mol. The molecule has 1 aromatic heterocycles. The number of nitrogens with one attached hydrogen (secondary N) is 1. The molecule has 0 saturated carbocycles. The van der Waals surface area contributed by atoms with Crippen molar-refractivity contribution >= 4 is 17.2 Å². The van der Waals surface area contributed by atoms with Crippen LogP contribution in [-0.4, -0.2) is 42.1 Å². The maximum Gasteiger partial charge on any atom is 0.261 e. The third kappa shape index (κ3) is 3.02. The molecule has 2 bridgehead atoms. The second-order valence-electron chi connectivity index (χ2n) is 8.33. The Balaban J connectivity index is 1.25. The summed E-state index contributed by atoms with van der Waals surface area (Å²) < 4.78 is 6.52. The molecule has 5 rings (SSSR count). The Bertz CT molecular complexity index is 836. The summed E-state index contributed by atoms with van der Waals surface area (Å²) in [7, 11) is 0. The van der Waals surface area contributed by atoms with Crippen molar-refractivity contribution in [1.29, 1.82) is 0 Å². The zero-order valence-electron chi connectivity index (χ0n) is 15.7. The summed E-state index contributed by atoms with van der Waals surface area (Å²) in [4.78, 5) is 15.9. The lowest BCUT2D eigenvalue weighted by Crippen LogP contribution is -2.41. The van der Waals surface area contributed by atoms with Gasteiger partial charge in [0.1, 0.15) is 0 Å². The molecule has 3 fully saturated rings. The van der Waals surface area contributed by atoms with Gasteiger partial charge in [-0.05, 0) is 42.3 Å². The normalized spacial score (nSPS) is 32.0. The van der Waals surface area contributed by atoms with E-state index in [-0.39, 0.29) is 11.5 Å². The first-order chi connectivity index (χ1) is 13.1. The zero-order chi connectivity index (χ0) is 18.4. The number of ether oxygens (including phenoxy) is 1. The fourth-order valence-corrected chi connectivity index (χ4v) is 6.26. The van der Waals surface area contributed by atoms with Gasteiger partial charge in [-0.25, -0.2) is 0 Å². The number of carbonyl (C=O) groups is 1. The van der Waals surface area contributed by atoms with Crippen molar-refractivity contribution in [3.63, 3.8) is 0 Å². The number of thiophene rings is 1. The first-order valence-corrected chi connectivity index (χ1v) is 10.8. The molecule has 1 N–H and O–H groups in total. The van der Waals surface area contributed by atoms with Crippen LogP contribution in [0.5, 0.6) is 0 Å². The Kier molecular flexibility index (Phi) is 4.34. The Morgan fingerprint density at radius 3 is 2.96 bits per heavy atom. The van der Waals surface area contributed by atoms with Crippen molar-refractivity contribution in [2.75, 3.05) is 19.6 Å². The molecule has 3 aliphatic rings. The molecule has 3 aliphatic heterocycles. The van der Waals surface area contributed by atoms with Crippen molar-refractivity contribution in [2.24, 2.45) is 11.8 Å². The minimum absolute atomic E-state index is 0.0215. The van der Waals surface area contributed by atoms with E-state index in [2.05, 4.69) is 40.5 Å². The van der Waals surface area contributed by atoms with E-state index in [9.17, 15) is 4.79 Å². The van der Waals surface area contributed by atoms with E-state index < -0.39 is 0 Å². The number of carbonyl (C=O) groups excluding carboxylic acids is 1. The molecule has 2 aromatic rings. The molecule has 0 radical (unpaired) electrons. The van der Waals surface area contributed by atoms with E-state index >= 15 is 0 Å². The zero-order valence-corrected chi connectivity index (χ0v) is 16.5. The minimum Gasteiger partial charge on any atom is -0.370 e. The van der Waals surface area contributed by atoms with Crippen molar-refractivity contribution in [1.82, 2.24) is 10.2 Å². The second-order valence-corrected chi connectivity index (χ2v) is 9.24. The summed E-state index contributed by atoms with van der Waals surface area (Å²) in [5.41, 5.74) is 2.45. The molecule has 27 heavy (non-hydrogen) atoms. The predicted octanol–water partition coefficient (Wildman–Crippen LogP) is 3.47. The molecule has 1 aromatic carbocycles. The fraction of sp³-hybridized carbons (Fsp3) is 0.500. The average Bonchev–Trinajstić information content (AvgIpc) is 3.41. The molecule has 5 heteroatoms. The molecule has 0 aliphatic carbocycles. The highest BCUT2D eigenvalue weighted by Gasteiger charge is 2.62. The van der Waals surface area contributed by atoms with Gasteiger partial charge >= 0.3 is 0 Å². The number of aryl methyl sites for hydroxylation is 1. The third-order valence-electron chi connectivity index (χ3n) is 6.67. The Hall–Kier alpha value is -1.69. The van der Waals surface area contributed by atoms with Gasteiger partial charge < -0.3 is 10.1 Å². The van der Waals surface area contributed by atoms with Crippen LogP contribution < -0.4 is 5.32 Å². The summed E-state index contributed by atoms with van der Waals surface area (Å²) in [5, 5.41) is 5.18. The van der Waals surface area contributed by atoms with E-state index in [0.29, 0.717) is 17.9 Å². The van der Waals surface area contributed by atoms with Crippen LogP contribution in [0, 0.1) is 18.8 Å². The van der Waals surface area contributed by atoms with Crippen LogP contribution in [0.4, 0.5) is 0 Å². The van der Waals surface area contributed by atoms with Crippen LogP contribution >= 0.6 is 11.3 Å². The van der Waals surface area contributed by atoms with Gasteiger partial charge in [0.15, 0.2) is 0 Å². The Morgan fingerprint density at radius 2 is 2.19 bits per heavy atom. The van der Waals surface area contributed by atoms with Gasteiger partial charge in [-0.3, -0.25) is 9.69 Å². The van der Waals surface area contributed by atoms with Gasteiger partial charge in [-0.15, -0.1) is 11.3 Å². The summed E-state index contributed by atoms with van der Waals surface area (Å²) in [6, 6.07) is 12.7. The number of fused-ring (bicyclic) bond motifs is 1. The fourth-order valence-electron chi connectivity index (χ4n) is 5.42. The Morgan fingerprint density at radius 1 is 1.33 bits per heavy atom. The molecule has 4 atom stereocenters. The van der Waals surface area contributed by atoms with Gasteiger partial charge in [0.2, 0.25) is 0 Å². The number of rotatable bonds is 5. The van der Waals surface area contributed by atoms with Crippen LogP contribution in [-0.2, 0) is 11.3 Å². The van der Waals surface area contributed by atoms with Crippen molar-refractivity contribution in [3.8, 4) is 0 Å². The summed E-state index contributed by atoms with van der Waals surface area (Å²) in [6.07, 6.45) is 2.62. The maximum absolute atomic E-state index is 12.5. The molecule has 4 heterocycles. The first-order valence-electron chi connectivity index (χ1n) is 9.91. The smallest absolute Gasteiger partial charge is 0.261 e. The van der Waals surface area contributed by atoms with Gasteiger partial charge in [-0.2, -0.15) is 0 Å². The SMILES string of the molecule is Cc1ccsc1C(=O)NC[C@H]1[C@H]2CN(Cc3ccccc3)C[C@]23CC[C@H]1O3. The van der Waals surface area contributed by atoms with Crippen LogP contribution in [0.2, 0.25) is 0 Å². The molecule has 4 nitrogen and oxygen atoms in total. The standard InChI is InChI=1S/C22H26N2O2S/c1-15-8-10-27-20(15)21(25)23-11-17-18-13-24(12-16-5-3-2-4-6-16)14-22(18)9-7-19(17)26-22/h2-6,8,10,17-19H,7,9,11-14H2,1H3,(H,23,25)/t17-,18+,19+,22+/m0/s1. The van der Waals surface area contributed by atoms with Crippen LogP contribution in [0.1, 0.15) is 33.6 Å². The highest BCUT2D eigenvalue weighted by molar-refractivity contribution is 7.12. The number of benzene rings is 1. The lowest BCUT2D eigenvalue weighted by molar-refractivity contribution is 0.00212. The molecule has 142 valence electrons. The van der Waals surface area contributed by atoms with Crippen molar-refractivity contribution in [2.45, 2.75) is 38.0 Å². The van der Waals surface area contributed by atoms with E-state index in [1.165, 1.54) is 23.3 Å².